The van der Waals surface area contributed by atoms with Crippen molar-refractivity contribution in [1.29, 1.82) is 0 Å². The van der Waals surface area contributed by atoms with Crippen LogP contribution in [0.4, 0.5) is 5.69 Å². The van der Waals surface area contributed by atoms with Gasteiger partial charge in [-0.15, -0.1) is 11.8 Å². The number of anilines is 1. The van der Waals surface area contributed by atoms with Crippen LogP contribution < -0.4 is 5.73 Å². The average Bonchev–Trinajstić information content (AvgIpc) is 2.58. The molecule has 4 nitrogen and oxygen atoms in total. The van der Waals surface area contributed by atoms with E-state index < -0.39 is 0 Å². The zero-order valence-electron chi connectivity index (χ0n) is 9.85. The molecule has 1 aliphatic heterocycles. The van der Waals surface area contributed by atoms with Gasteiger partial charge in [-0.3, -0.25) is 14.5 Å². The number of imide groups is 1. The number of nitrogens with two attached hydrogens (primary N) is 1. The molecule has 0 radical (unpaired) electrons. The van der Waals surface area contributed by atoms with E-state index in [-0.39, 0.29) is 23.5 Å². The number of nitrogen functional groups attached to an aromatic ring is 1. The van der Waals surface area contributed by atoms with Gasteiger partial charge in [-0.1, -0.05) is 15.9 Å². The molecule has 0 bridgehead atoms. The molecule has 1 aromatic carbocycles. The van der Waals surface area contributed by atoms with Crippen LogP contribution in [-0.2, 0) is 9.59 Å². The number of rotatable bonds is 3. The molecule has 2 amide bonds. The van der Waals surface area contributed by atoms with Crippen molar-refractivity contribution in [1.82, 2.24) is 4.90 Å². The molecule has 1 heterocycles. The Labute approximate surface area is 118 Å². The van der Waals surface area contributed by atoms with E-state index in [9.17, 15) is 9.59 Å². The zero-order chi connectivity index (χ0) is 13.3. The number of hydrogen-bond donors (Lipinski definition) is 1. The van der Waals surface area contributed by atoms with Gasteiger partial charge in [-0.05, 0) is 25.1 Å². The minimum atomic E-state index is -0.346. The molecule has 2 rings (SSSR count). The molecule has 0 aromatic heterocycles. The van der Waals surface area contributed by atoms with Crippen LogP contribution in [0.3, 0.4) is 0 Å². The highest BCUT2D eigenvalue weighted by Gasteiger charge is 2.38. The normalized spacial score (nSPS) is 19.7. The van der Waals surface area contributed by atoms with Crippen LogP contribution >= 0.6 is 27.7 Å². The van der Waals surface area contributed by atoms with Gasteiger partial charge in [-0.25, -0.2) is 0 Å². The van der Waals surface area contributed by atoms with Gasteiger partial charge in [-0.2, -0.15) is 0 Å². The number of carbonyl (C=O) groups is 2. The molecule has 1 aromatic rings. The number of amides is 2. The molecule has 96 valence electrons. The lowest BCUT2D eigenvalue weighted by molar-refractivity contribution is -0.137. The van der Waals surface area contributed by atoms with Gasteiger partial charge < -0.3 is 5.73 Å². The average molecular weight is 329 g/mol. The first-order chi connectivity index (χ1) is 8.52. The summed E-state index contributed by atoms with van der Waals surface area (Å²) in [5.41, 5.74) is 6.50. The summed E-state index contributed by atoms with van der Waals surface area (Å²) in [5.74, 6) is -0.217. The Morgan fingerprint density at radius 2 is 2.22 bits per heavy atom. The smallest absolute Gasteiger partial charge is 0.243 e. The number of nitrogens with zero attached hydrogens (tertiary/aromatic N) is 1. The summed E-state index contributed by atoms with van der Waals surface area (Å²) in [7, 11) is 0. The topological polar surface area (TPSA) is 63.4 Å². The van der Waals surface area contributed by atoms with E-state index in [1.807, 2.05) is 12.1 Å². The number of carbonyl (C=O) groups excluding carboxylic acids is 2. The Balaban J connectivity index is 2.15. The number of likely N-dealkylation sites (tertiary alicyclic amines) is 1. The zero-order valence-corrected chi connectivity index (χ0v) is 12.3. The summed E-state index contributed by atoms with van der Waals surface area (Å²) < 4.78 is 0.897. The summed E-state index contributed by atoms with van der Waals surface area (Å²) in [6.07, 6.45) is 0.257. The van der Waals surface area contributed by atoms with Crippen molar-refractivity contribution < 1.29 is 9.59 Å². The molecular formula is C12H13BrN2O2S. The quantitative estimate of drug-likeness (QED) is 0.683. The number of hydrogen-bond acceptors (Lipinski definition) is 4. The minimum Gasteiger partial charge on any atom is -0.398 e. The number of halogens is 1. The Kier molecular flexibility index (Phi) is 3.97. The van der Waals surface area contributed by atoms with Crippen LogP contribution in [0.2, 0.25) is 0 Å². The summed E-state index contributed by atoms with van der Waals surface area (Å²) in [6.45, 7) is 2.24. The van der Waals surface area contributed by atoms with Crippen molar-refractivity contribution >= 4 is 45.2 Å². The third kappa shape index (κ3) is 2.54. The maximum atomic E-state index is 12.0. The Morgan fingerprint density at radius 1 is 1.50 bits per heavy atom. The van der Waals surface area contributed by atoms with Gasteiger partial charge >= 0.3 is 0 Å². The molecule has 6 heteroatoms. The molecule has 1 saturated heterocycles. The molecule has 1 fully saturated rings. The summed E-state index contributed by atoms with van der Waals surface area (Å²) in [5, 5.41) is -0.346. The Bertz CT molecular complexity index is 507. The third-order valence-electron chi connectivity index (χ3n) is 2.76. The van der Waals surface area contributed by atoms with E-state index in [0.717, 1.165) is 9.37 Å². The highest BCUT2D eigenvalue weighted by atomic mass is 79.9. The van der Waals surface area contributed by atoms with Gasteiger partial charge in [0.25, 0.3) is 0 Å². The van der Waals surface area contributed by atoms with Crippen molar-refractivity contribution in [2.45, 2.75) is 23.5 Å². The lowest BCUT2D eigenvalue weighted by atomic mass is 10.3. The fraction of sp³-hybridized carbons (Fsp3) is 0.333. The first-order valence-electron chi connectivity index (χ1n) is 5.58. The van der Waals surface area contributed by atoms with Crippen LogP contribution in [0.15, 0.2) is 27.6 Å². The van der Waals surface area contributed by atoms with Gasteiger partial charge in [0.15, 0.2) is 0 Å². The molecule has 18 heavy (non-hydrogen) atoms. The predicted molar refractivity (Wildman–Crippen MR) is 75.2 cm³/mol. The number of thioether (sulfide) groups is 1. The highest BCUT2D eigenvalue weighted by Crippen LogP contribution is 2.35. The lowest BCUT2D eigenvalue weighted by Gasteiger charge is -2.12. The molecule has 0 spiro atoms. The predicted octanol–water partition coefficient (Wildman–Crippen LogP) is 2.27. The van der Waals surface area contributed by atoms with Gasteiger partial charge in [0, 0.05) is 28.0 Å². The van der Waals surface area contributed by atoms with Crippen LogP contribution in [0.5, 0.6) is 0 Å². The van der Waals surface area contributed by atoms with Crippen molar-refractivity contribution in [2.75, 3.05) is 12.3 Å². The van der Waals surface area contributed by atoms with E-state index in [1.165, 1.54) is 16.7 Å². The summed E-state index contributed by atoms with van der Waals surface area (Å²) >= 11 is 4.69. The first-order valence-corrected chi connectivity index (χ1v) is 7.26. The molecule has 1 aliphatic rings. The standard InChI is InChI=1S/C12H13BrN2O2S/c1-2-15-11(16)6-10(12(15)17)18-9-4-3-7(13)5-8(9)14/h3-5,10H,2,6,14H2,1H3. The highest BCUT2D eigenvalue weighted by molar-refractivity contribution is 9.10. The van der Waals surface area contributed by atoms with Crippen LogP contribution in [0.25, 0.3) is 0 Å². The largest absolute Gasteiger partial charge is 0.398 e. The van der Waals surface area contributed by atoms with Crippen molar-refractivity contribution in [3.8, 4) is 0 Å². The van der Waals surface area contributed by atoms with E-state index in [0.29, 0.717) is 12.2 Å². The summed E-state index contributed by atoms with van der Waals surface area (Å²) in [4.78, 5) is 25.7. The van der Waals surface area contributed by atoms with E-state index in [1.54, 1.807) is 13.0 Å². The molecule has 1 unspecified atom stereocenters. The van der Waals surface area contributed by atoms with Gasteiger partial charge in [0.05, 0.1) is 5.25 Å². The van der Waals surface area contributed by atoms with Crippen molar-refractivity contribution in [3.05, 3.63) is 22.7 Å². The minimum absolute atomic E-state index is 0.101. The monoisotopic (exact) mass is 328 g/mol. The van der Waals surface area contributed by atoms with E-state index in [4.69, 9.17) is 5.73 Å². The van der Waals surface area contributed by atoms with E-state index >= 15 is 0 Å². The van der Waals surface area contributed by atoms with Crippen LogP contribution in [-0.4, -0.2) is 28.5 Å². The number of benzene rings is 1. The second-order valence-electron chi connectivity index (χ2n) is 3.97. The van der Waals surface area contributed by atoms with Crippen molar-refractivity contribution in [2.24, 2.45) is 0 Å². The molecule has 0 saturated carbocycles. The molecule has 0 aliphatic carbocycles. The SMILES string of the molecule is CCN1C(=O)CC(Sc2ccc(Br)cc2N)C1=O. The molecule has 1 atom stereocenters. The van der Waals surface area contributed by atoms with Crippen LogP contribution in [0, 0.1) is 0 Å². The fourth-order valence-electron chi connectivity index (χ4n) is 1.86. The lowest BCUT2D eigenvalue weighted by Crippen LogP contribution is -2.30. The molecular weight excluding hydrogens is 316 g/mol. The fourth-order valence-corrected chi connectivity index (χ4v) is 3.34. The second kappa shape index (κ2) is 5.32. The van der Waals surface area contributed by atoms with Crippen molar-refractivity contribution in [3.63, 3.8) is 0 Å². The van der Waals surface area contributed by atoms with Gasteiger partial charge in [0.1, 0.15) is 0 Å². The van der Waals surface area contributed by atoms with E-state index in [2.05, 4.69) is 15.9 Å². The first kappa shape index (κ1) is 13.4. The van der Waals surface area contributed by atoms with Crippen LogP contribution in [0.1, 0.15) is 13.3 Å². The second-order valence-corrected chi connectivity index (χ2v) is 6.13. The summed E-state index contributed by atoms with van der Waals surface area (Å²) in [6, 6.07) is 5.52. The molecule has 2 N–H and O–H groups in total. The third-order valence-corrected chi connectivity index (χ3v) is 4.53. The Morgan fingerprint density at radius 3 is 2.78 bits per heavy atom. The van der Waals surface area contributed by atoms with Gasteiger partial charge in [0.2, 0.25) is 11.8 Å². The maximum absolute atomic E-state index is 12.0. The maximum Gasteiger partial charge on any atom is 0.243 e. The Hall–Kier alpha value is -1.01.